The van der Waals surface area contributed by atoms with Gasteiger partial charge in [-0.15, -0.1) is 12.4 Å². The highest BCUT2D eigenvalue weighted by Crippen LogP contribution is 2.23. The van der Waals surface area contributed by atoms with Gasteiger partial charge >= 0.3 is 5.97 Å². The number of piperidine rings is 1. The van der Waals surface area contributed by atoms with Gasteiger partial charge in [-0.2, -0.15) is 4.31 Å². The van der Waals surface area contributed by atoms with Crippen molar-refractivity contribution in [2.75, 3.05) is 33.3 Å². The van der Waals surface area contributed by atoms with Gasteiger partial charge in [0, 0.05) is 13.1 Å². The fourth-order valence-electron chi connectivity index (χ4n) is 2.73. The van der Waals surface area contributed by atoms with Crippen LogP contribution in [0.2, 0.25) is 0 Å². The van der Waals surface area contributed by atoms with Gasteiger partial charge in [0.25, 0.3) is 0 Å². The lowest BCUT2D eigenvalue weighted by atomic mass is 9.98. The Balaban J connectivity index is 0.00000288. The van der Waals surface area contributed by atoms with Crippen molar-refractivity contribution in [2.24, 2.45) is 5.92 Å². The fraction of sp³-hybridized carbons (Fsp3) is 0.562. The summed E-state index contributed by atoms with van der Waals surface area (Å²) in [7, 11) is -2.20. The molecule has 1 aromatic rings. The number of ether oxygens (including phenoxy) is 1. The van der Waals surface area contributed by atoms with Crippen LogP contribution in [-0.2, 0) is 14.8 Å². The van der Waals surface area contributed by atoms with Crippen molar-refractivity contribution >= 4 is 28.4 Å². The number of esters is 1. The lowest BCUT2D eigenvalue weighted by Crippen LogP contribution is -2.40. The zero-order valence-corrected chi connectivity index (χ0v) is 15.7. The molecule has 0 spiro atoms. The predicted molar refractivity (Wildman–Crippen MR) is 95.1 cm³/mol. The Hall–Kier alpha value is -1.15. The summed E-state index contributed by atoms with van der Waals surface area (Å²) in [5.41, 5.74) is 0.343. The molecular formula is C16H25ClN2O4S. The van der Waals surface area contributed by atoms with E-state index in [1.54, 1.807) is 0 Å². The second-order valence-corrected chi connectivity index (χ2v) is 7.61. The van der Waals surface area contributed by atoms with Crippen LogP contribution >= 0.6 is 12.4 Å². The summed E-state index contributed by atoms with van der Waals surface area (Å²) in [6.07, 6.45) is 1.74. The Morgan fingerprint density at radius 3 is 2.33 bits per heavy atom. The van der Waals surface area contributed by atoms with E-state index in [0.29, 0.717) is 24.6 Å². The highest BCUT2D eigenvalue weighted by molar-refractivity contribution is 7.89. The summed E-state index contributed by atoms with van der Waals surface area (Å²) in [5.74, 6) is 0.0567. The number of rotatable bonds is 6. The molecule has 0 bridgehead atoms. The summed E-state index contributed by atoms with van der Waals surface area (Å²) in [4.78, 5) is 11.6. The second kappa shape index (κ2) is 9.36. The van der Waals surface area contributed by atoms with Crippen molar-refractivity contribution in [3.63, 3.8) is 0 Å². The molecule has 136 valence electrons. The first-order valence-electron chi connectivity index (χ1n) is 7.88. The van der Waals surface area contributed by atoms with E-state index < -0.39 is 16.0 Å². The van der Waals surface area contributed by atoms with Gasteiger partial charge in [0.15, 0.2) is 0 Å². The minimum atomic E-state index is -3.49. The maximum Gasteiger partial charge on any atom is 0.337 e. The van der Waals surface area contributed by atoms with E-state index in [1.165, 1.54) is 35.7 Å². The molecule has 0 saturated carbocycles. The molecular weight excluding hydrogens is 352 g/mol. The summed E-state index contributed by atoms with van der Waals surface area (Å²) in [6, 6.07) is 5.89. The van der Waals surface area contributed by atoms with E-state index in [2.05, 4.69) is 17.0 Å². The maximum absolute atomic E-state index is 12.7. The molecule has 1 saturated heterocycles. The Bertz CT molecular complexity index is 626. The molecule has 8 heteroatoms. The topological polar surface area (TPSA) is 75.7 Å². The Morgan fingerprint density at radius 2 is 1.83 bits per heavy atom. The number of sulfonamides is 1. The van der Waals surface area contributed by atoms with Crippen LogP contribution in [0, 0.1) is 5.92 Å². The molecule has 0 amide bonds. The Morgan fingerprint density at radius 1 is 1.25 bits per heavy atom. The normalized spacial score (nSPS) is 16.4. The summed E-state index contributed by atoms with van der Waals surface area (Å²) < 4.78 is 31.5. The van der Waals surface area contributed by atoms with Crippen LogP contribution < -0.4 is 5.32 Å². The number of nitrogens with zero attached hydrogens (tertiary/aromatic N) is 1. The third-order valence-electron chi connectivity index (χ3n) is 4.17. The van der Waals surface area contributed by atoms with Gasteiger partial charge in [-0.1, -0.05) is 6.92 Å². The third-order valence-corrected chi connectivity index (χ3v) is 6.08. The standard InChI is InChI=1S/C16H24N2O4S.ClH/c1-3-17-12-13-8-10-18(11-9-13)23(20,21)15-6-4-14(5-7-15)16(19)22-2;/h4-7,13,17H,3,8-12H2,1-2H3;1H. The summed E-state index contributed by atoms with van der Waals surface area (Å²) in [6.45, 7) is 5.02. The molecule has 1 aliphatic rings. The lowest BCUT2D eigenvalue weighted by Gasteiger charge is -2.31. The SMILES string of the molecule is CCNCC1CCN(S(=O)(=O)c2ccc(C(=O)OC)cc2)CC1.Cl. The van der Waals surface area contributed by atoms with Crippen LogP contribution in [-0.4, -0.2) is 52.0 Å². The highest BCUT2D eigenvalue weighted by atomic mass is 35.5. The van der Waals surface area contributed by atoms with Gasteiger partial charge in [-0.3, -0.25) is 0 Å². The smallest absolute Gasteiger partial charge is 0.337 e. The molecule has 0 aromatic heterocycles. The number of methoxy groups -OCH3 is 1. The second-order valence-electron chi connectivity index (χ2n) is 5.67. The molecule has 1 aliphatic heterocycles. The van der Waals surface area contributed by atoms with E-state index in [-0.39, 0.29) is 17.3 Å². The van der Waals surface area contributed by atoms with Crippen molar-refractivity contribution < 1.29 is 17.9 Å². The number of benzene rings is 1. The van der Waals surface area contributed by atoms with Crippen molar-refractivity contribution in [1.29, 1.82) is 0 Å². The number of carbonyl (C=O) groups excluding carboxylic acids is 1. The molecule has 1 aromatic carbocycles. The summed E-state index contributed by atoms with van der Waals surface area (Å²) >= 11 is 0. The van der Waals surface area contributed by atoms with Crippen molar-refractivity contribution in [3.05, 3.63) is 29.8 Å². The first kappa shape index (κ1) is 20.9. The van der Waals surface area contributed by atoms with Crippen molar-refractivity contribution in [1.82, 2.24) is 9.62 Å². The van der Waals surface area contributed by atoms with E-state index in [4.69, 9.17) is 0 Å². The molecule has 0 atom stereocenters. The van der Waals surface area contributed by atoms with Gasteiger partial charge in [0.1, 0.15) is 0 Å². The fourth-order valence-corrected chi connectivity index (χ4v) is 4.20. The number of hydrogen-bond donors (Lipinski definition) is 1. The first-order chi connectivity index (χ1) is 11.0. The quantitative estimate of drug-likeness (QED) is 0.767. The Labute approximate surface area is 150 Å². The third kappa shape index (κ3) is 4.92. The summed E-state index contributed by atoms with van der Waals surface area (Å²) in [5, 5.41) is 3.31. The van der Waals surface area contributed by atoms with E-state index in [9.17, 15) is 13.2 Å². The van der Waals surface area contributed by atoms with Crippen LogP contribution in [0.15, 0.2) is 29.2 Å². The molecule has 0 radical (unpaired) electrons. The molecule has 1 fully saturated rings. The zero-order chi connectivity index (χ0) is 16.9. The van der Waals surface area contributed by atoms with Crippen LogP contribution in [0.25, 0.3) is 0 Å². The van der Waals surface area contributed by atoms with E-state index >= 15 is 0 Å². The van der Waals surface area contributed by atoms with Gasteiger partial charge < -0.3 is 10.1 Å². The van der Waals surface area contributed by atoms with E-state index in [0.717, 1.165) is 25.9 Å². The van der Waals surface area contributed by atoms with Crippen LogP contribution in [0.5, 0.6) is 0 Å². The van der Waals surface area contributed by atoms with Gasteiger partial charge in [-0.05, 0) is 56.1 Å². The molecule has 1 N–H and O–H groups in total. The predicted octanol–water partition coefficient (Wildman–Crippen LogP) is 1.91. The van der Waals surface area contributed by atoms with Gasteiger partial charge in [0.2, 0.25) is 10.0 Å². The largest absolute Gasteiger partial charge is 0.465 e. The average Bonchev–Trinajstić information content (AvgIpc) is 2.59. The van der Waals surface area contributed by atoms with Crippen molar-refractivity contribution in [3.8, 4) is 0 Å². The Kier molecular flexibility index (Phi) is 8.15. The number of nitrogens with one attached hydrogen (secondary N) is 1. The van der Waals surface area contributed by atoms with Crippen LogP contribution in [0.1, 0.15) is 30.1 Å². The average molecular weight is 377 g/mol. The lowest BCUT2D eigenvalue weighted by molar-refractivity contribution is 0.0600. The zero-order valence-electron chi connectivity index (χ0n) is 14.0. The first-order valence-corrected chi connectivity index (χ1v) is 9.32. The number of hydrogen-bond acceptors (Lipinski definition) is 5. The number of halogens is 1. The molecule has 0 aliphatic carbocycles. The molecule has 24 heavy (non-hydrogen) atoms. The van der Waals surface area contributed by atoms with Crippen molar-refractivity contribution in [2.45, 2.75) is 24.7 Å². The van der Waals surface area contributed by atoms with Crippen LogP contribution in [0.3, 0.4) is 0 Å². The minimum absolute atomic E-state index is 0. The maximum atomic E-state index is 12.7. The number of carbonyl (C=O) groups is 1. The monoisotopic (exact) mass is 376 g/mol. The highest BCUT2D eigenvalue weighted by Gasteiger charge is 2.29. The molecule has 6 nitrogen and oxygen atoms in total. The van der Waals surface area contributed by atoms with Gasteiger partial charge in [0.05, 0.1) is 17.6 Å². The minimum Gasteiger partial charge on any atom is -0.465 e. The van der Waals surface area contributed by atoms with Gasteiger partial charge in [-0.25, -0.2) is 13.2 Å². The van der Waals surface area contributed by atoms with E-state index in [1.807, 2.05) is 0 Å². The molecule has 1 heterocycles. The molecule has 2 rings (SSSR count). The van der Waals surface area contributed by atoms with Crippen LogP contribution in [0.4, 0.5) is 0 Å². The molecule has 0 unspecified atom stereocenters.